The van der Waals surface area contributed by atoms with Crippen LogP contribution >= 0.6 is 23.2 Å². The molecular weight excluding hydrogens is 327 g/mol. The maximum Gasteiger partial charge on any atom is 0.271 e. The van der Waals surface area contributed by atoms with E-state index in [0.717, 1.165) is 5.56 Å². The molecule has 0 heterocycles. The number of halogens is 2. The number of nitrogens with one attached hydrogen (secondary N) is 1. The Morgan fingerprint density at radius 2 is 1.95 bits per heavy atom. The monoisotopic (exact) mass is 338 g/mol. The summed E-state index contributed by atoms with van der Waals surface area (Å²) in [6.45, 7) is 0. The molecule has 0 saturated carbocycles. The number of aryl methyl sites for hydroxylation is 1. The van der Waals surface area contributed by atoms with Crippen molar-refractivity contribution in [1.82, 2.24) is 0 Å². The van der Waals surface area contributed by atoms with Crippen LogP contribution in [-0.2, 0) is 11.2 Å². The van der Waals surface area contributed by atoms with E-state index in [0.29, 0.717) is 22.2 Å². The van der Waals surface area contributed by atoms with E-state index >= 15 is 0 Å². The second-order valence-electron chi connectivity index (χ2n) is 4.59. The summed E-state index contributed by atoms with van der Waals surface area (Å²) in [6.07, 6.45) is 0.667. The number of carbonyl (C=O) groups is 1. The van der Waals surface area contributed by atoms with Crippen molar-refractivity contribution in [2.75, 3.05) is 5.32 Å². The minimum absolute atomic E-state index is 0.0708. The molecule has 0 atom stereocenters. The Bertz CT molecular complexity index is 720. The number of nitro groups is 1. The molecule has 22 heavy (non-hydrogen) atoms. The molecule has 0 unspecified atom stereocenters. The number of non-ortho nitro benzene ring substituents is 1. The highest BCUT2D eigenvalue weighted by Gasteiger charge is 2.09. The van der Waals surface area contributed by atoms with Gasteiger partial charge in [-0.15, -0.1) is 0 Å². The van der Waals surface area contributed by atoms with Gasteiger partial charge in [0, 0.05) is 34.3 Å². The van der Waals surface area contributed by atoms with E-state index in [-0.39, 0.29) is 18.0 Å². The maximum atomic E-state index is 11.9. The van der Waals surface area contributed by atoms with Crippen molar-refractivity contribution in [2.24, 2.45) is 0 Å². The van der Waals surface area contributed by atoms with Gasteiger partial charge in [0.1, 0.15) is 0 Å². The van der Waals surface area contributed by atoms with Gasteiger partial charge in [-0.1, -0.05) is 35.3 Å². The van der Waals surface area contributed by atoms with Gasteiger partial charge in [-0.05, 0) is 30.2 Å². The maximum absolute atomic E-state index is 11.9. The third-order valence-corrected chi connectivity index (χ3v) is 3.56. The van der Waals surface area contributed by atoms with Gasteiger partial charge in [-0.2, -0.15) is 0 Å². The van der Waals surface area contributed by atoms with Crippen molar-refractivity contribution >= 4 is 40.5 Å². The quantitative estimate of drug-likeness (QED) is 0.645. The van der Waals surface area contributed by atoms with Crippen LogP contribution < -0.4 is 5.32 Å². The van der Waals surface area contributed by atoms with Crippen LogP contribution in [0.3, 0.4) is 0 Å². The standard InChI is InChI=1S/C15H12Cl2N2O3/c16-11-6-4-10(14(17)8-11)5-7-15(20)18-12-2-1-3-13(9-12)19(21)22/h1-4,6,8-9H,5,7H2,(H,18,20). The van der Waals surface area contributed by atoms with Crippen LogP contribution in [0.2, 0.25) is 10.0 Å². The number of carbonyl (C=O) groups excluding carboxylic acids is 1. The topological polar surface area (TPSA) is 72.2 Å². The molecule has 0 aromatic heterocycles. The first-order valence-electron chi connectivity index (χ1n) is 6.44. The summed E-state index contributed by atoms with van der Waals surface area (Å²) in [5.41, 5.74) is 1.14. The number of rotatable bonds is 5. The van der Waals surface area contributed by atoms with Gasteiger partial charge in [0.25, 0.3) is 5.69 Å². The van der Waals surface area contributed by atoms with Crippen molar-refractivity contribution in [2.45, 2.75) is 12.8 Å². The second kappa shape index (κ2) is 7.24. The summed E-state index contributed by atoms with van der Waals surface area (Å²) in [6, 6.07) is 10.9. The molecule has 1 amide bonds. The second-order valence-corrected chi connectivity index (χ2v) is 5.43. The molecule has 0 spiro atoms. The van der Waals surface area contributed by atoms with Crippen LogP contribution in [0, 0.1) is 10.1 Å². The van der Waals surface area contributed by atoms with E-state index in [2.05, 4.69) is 5.32 Å². The predicted molar refractivity (Wildman–Crippen MR) is 86.5 cm³/mol. The number of hydrogen-bond donors (Lipinski definition) is 1. The fraction of sp³-hybridized carbons (Fsp3) is 0.133. The van der Waals surface area contributed by atoms with Gasteiger partial charge in [0.2, 0.25) is 5.91 Å². The van der Waals surface area contributed by atoms with Crippen LogP contribution in [-0.4, -0.2) is 10.8 Å². The zero-order valence-corrected chi connectivity index (χ0v) is 12.9. The van der Waals surface area contributed by atoms with E-state index < -0.39 is 4.92 Å². The van der Waals surface area contributed by atoms with Crippen molar-refractivity contribution in [1.29, 1.82) is 0 Å². The molecule has 0 saturated heterocycles. The van der Waals surface area contributed by atoms with Crippen LogP contribution in [0.1, 0.15) is 12.0 Å². The average molecular weight is 339 g/mol. The number of anilines is 1. The molecule has 0 bridgehead atoms. The number of nitro benzene ring substituents is 1. The van der Waals surface area contributed by atoms with Gasteiger partial charge in [0.15, 0.2) is 0 Å². The molecule has 0 aliphatic rings. The Kier molecular flexibility index (Phi) is 5.35. The minimum atomic E-state index is -0.511. The first-order valence-corrected chi connectivity index (χ1v) is 7.19. The molecule has 0 radical (unpaired) electrons. The largest absolute Gasteiger partial charge is 0.326 e. The molecule has 2 aromatic rings. The Hall–Kier alpha value is -2.11. The third-order valence-electron chi connectivity index (χ3n) is 2.98. The Labute approximate surface area is 137 Å². The third kappa shape index (κ3) is 4.44. The molecule has 7 heteroatoms. The van der Waals surface area contributed by atoms with Crippen molar-refractivity contribution in [3.8, 4) is 0 Å². The Morgan fingerprint density at radius 1 is 1.18 bits per heavy atom. The van der Waals surface area contributed by atoms with Crippen LogP contribution in [0.5, 0.6) is 0 Å². The van der Waals surface area contributed by atoms with Gasteiger partial charge < -0.3 is 5.32 Å². The normalized spacial score (nSPS) is 10.3. The molecule has 0 aliphatic carbocycles. The molecular formula is C15H12Cl2N2O3. The van der Waals surface area contributed by atoms with Crippen LogP contribution in [0.4, 0.5) is 11.4 Å². The van der Waals surface area contributed by atoms with E-state index in [9.17, 15) is 14.9 Å². The van der Waals surface area contributed by atoms with E-state index in [1.165, 1.54) is 18.2 Å². The fourth-order valence-corrected chi connectivity index (χ4v) is 2.40. The van der Waals surface area contributed by atoms with Gasteiger partial charge in [-0.3, -0.25) is 14.9 Å². The highest BCUT2D eigenvalue weighted by atomic mass is 35.5. The van der Waals surface area contributed by atoms with Gasteiger partial charge in [-0.25, -0.2) is 0 Å². The number of hydrogen-bond acceptors (Lipinski definition) is 3. The summed E-state index contributed by atoms with van der Waals surface area (Å²) in [4.78, 5) is 22.1. The summed E-state index contributed by atoms with van der Waals surface area (Å²) >= 11 is 11.8. The lowest BCUT2D eigenvalue weighted by molar-refractivity contribution is -0.384. The smallest absolute Gasteiger partial charge is 0.271 e. The lowest BCUT2D eigenvalue weighted by atomic mass is 10.1. The summed E-state index contributed by atoms with van der Waals surface area (Å²) < 4.78 is 0. The molecule has 1 N–H and O–H groups in total. The molecule has 5 nitrogen and oxygen atoms in total. The molecule has 114 valence electrons. The van der Waals surface area contributed by atoms with E-state index in [4.69, 9.17) is 23.2 Å². The average Bonchev–Trinajstić information content (AvgIpc) is 2.46. The number of nitrogens with zero attached hydrogens (tertiary/aromatic N) is 1. The number of amides is 1. The fourth-order valence-electron chi connectivity index (χ4n) is 1.89. The van der Waals surface area contributed by atoms with Crippen LogP contribution in [0.15, 0.2) is 42.5 Å². The SMILES string of the molecule is O=C(CCc1ccc(Cl)cc1Cl)Nc1cccc([N+](=O)[O-])c1. The van der Waals surface area contributed by atoms with Crippen molar-refractivity contribution in [3.63, 3.8) is 0 Å². The molecule has 0 fully saturated rings. The van der Waals surface area contributed by atoms with Gasteiger partial charge in [0.05, 0.1) is 4.92 Å². The van der Waals surface area contributed by atoms with E-state index in [1.807, 2.05) is 0 Å². The summed E-state index contributed by atoms with van der Waals surface area (Å²) in [5, 5.41) is 14.4. The molecule has 2 aromatic carbocycles. The van der Waals surface area contributed by atoms with E-state index in [1.54, 1.807) is 24.3 Å². The Balaban J connectivity index is 1.95. The summed E-state index contributed by atoms with van der Waals surface area (Å²) in [5.74, 6) is -0.244. The lowest BCUT2D eigenvalue weighted by Gasteiger charge is -2.06. The number of benzene rings is 2. The van der Waals surface area contributed by atoms with Crippen molar-refractivity contribution in [3.05, 3.63) is 68.2 Å². The minimum Gasteiger partial charge on any atom is -0.326 e. The highest BCUT2D eigenvalue weighted by Crippen LogP contribution is 2.22. The summed E-state index contributed by atoms with van der Waals surface area (Å²) in [7, 11) is 0. The van der Waals surface area contributed by atoms with Gasteiger partial charge >= 0.3 is 0 Å². The zero-order valence-electron chi connectivity index (χ0n) is 11.4. The van der Waals surface area contributed by atoms with Crippen LogP contribution in [0.25, 0.3) is 0 Å². The first-order chi connectivity index (χ1) is 10.5. The zero-order chi connectivity index (χ0) is 16.1. The van der Waals surface area contributed by atoms with Crippen molar-refractivity contribution < 1.29 is 9.72 Å². The predicted octanol–water partition coefficient (Wildman–Crippen LogP) is 4.47. The first kappa shape index (κ1) is 16.3. The molecule has 2 rings (SSSR count). The molecule has 0 aliphatic heterocycles. The Morgan fingerprint density at radius 3 is 2.64 bits per heavy atom. The lowest BCUT2D eigenvalue weighted by Crippen LogP contribution is -2.12. The highest BCUT2D eigenvalue weighted by molar-refractivity contribution is 6.35.